The van der Waals surface area contributed by atoms with Gasteiger partial charge >= 0.3 is 18.0 Å². The number of benzene rings is 2. The van der Waals surface area contributed by atoms with Gasteiger partial charge in [-0.25, -0.2) is 4.39 Å². The molecule has 0 atom stereocenters. The molecule has 0 saturated carbocycles. The summed E-state index contributed by atoms with van der Waals surface area (Å²) in [5, 5.41) is 8.75. The number of rotatable bonds is 2. The molecular formula is C17H5F8NO2. The molecule has 3 rings (SSSR count). The lowest BCUT2D eigenvalue weighted by molar-refractivity contribution is -0.176. The van der Waals surface area contributed by atoms with E-state index in [1.807, 2.05) is 0 Å². The number of carbonyl (C=O) groups is 1. The van der Waals surface area contributed by atoms with Crippen LogP contribution in [-0.2, 0) is 12.1 Å². The zero-order valence-corrected chi connectivity index (χ0v) is 13.2. The minimum absolute atomic E-state index is 0.212. The largest absolute Gasteiger partial charge is 0.457 e. The third-order valence-corrected chi connectivity index (χ3v) is 3.92. The summed E-state index contributed by atoms with van der Waals surface area (Å²) < 4.78 is 113. The van der Waals surface area contributed by atoms with Crippen LogP contribution < -0.4 is 4.74 Å². The van der Waals surface area contributed by atoms with E-state index in [0.717, 1.165) is 12.1 Å². The fourth-order valence-electron chi connectivity index (χ4n) is 2.73. The SMILES string of the molecule is N#Cc1cc(F)cc(Oc2ccc3c(c2C(F)(F)F)C(=O)C(F)(F)C3(F)F)c1. The second-order valence-electron chi connectivity index (χ2n) is 5.73. The third-order valence-electron chi connectivity index (χ3n) is 3.92. The fraction of sp³-hybridized carbons (Fsp3) is 0.176. The first-order chi connectivity index (χ1) is 12.8. The van der Waals surface area contributed by atoms with Crippen LogP contribution in [0.3, 0.4) is 0 Å². The smallest absolute Gasteiger partial charge is 0.420 e. The first kappa shape index (κ1) is 19.6. The highest BCUT2D eigenvalue weighted by atomic mass is 19.4. The second kappa shape index (κ2) is 5.92. The maximum Gasteiger partial charge on any atom is 0.420 e. The van der Waals surface area contributed by atoms with Gasteiger partial charge in [0.05, 0.1) is 11.6 Å². The lowest BCUT2D eigenvalue weighted by Crippen LogP contribution is -2.38. The highest BCUT2D eigenvalue weighted by molar-refractivity contribution is 6.09. The topological polar surface area (TPSA) is 50.1 Å². The minimum Gasteiger partial charge on any atom is -0.457 e. The van der Waals surface area contributed by atoms with Gasteiger partial charge in [0.2, 0.25) is 5.78 Å². The van der Waals surface area contributed by atoms with E-state index in [0.29, 0.717) is 12.1 Å². The molecule has 0 radical (unpaired) electrons. The van der Waals surface area contributed by atoms with E-state index in [2.05, 4.69) is 0 Å². The number of halogens is 8. The molecule has 11 heteroatoms. The Kier molecular flexibility index (Phi) is 4.14. The average molecular weight is 407 g/mol. The Hall–Kier alpha value is -3.16. The molecule has 0 heterocycles. The van der Waals surface area contributed by atoms with E-state index in [-0.39, 0.29) is 11.6 Å². The Morgan fingerprint density at radius 3 is 2.21 bits per heavy atom. The van der Waals surface area contributed by atoms with Gasteiger partial charge in [0, 0.05) is 17.2 Å². The van der Waals surface area contributed by atoms with Crippen LogP contribution in [0, 0.1) is 17.1 Å². The molecule has 0 fully saturated rings. The highest BCUT2D eigenvalue weighted by Gasteiger charge is 2.70. The second-order valence-corrected chi connectivity index (χ2v) is 5.73. The molecule has 3 nitrogen and oxygen atoms in total. The van der Waals surface area contributed by atoms with Crippen LogP contribution in [-0.4, -0.2) is 11.7 Å². The molecule has 0 saturated heterocycles. The number of Topliss-reactive ketones (excluding diaryl/α,β-unsaturated/α-hetero) is 1. The maximum absolute atomic E-state index is 13.8. The van der Waals surface area contributed by atoms with Crippen molar-refractivity contribution < 1.29 is 44.7 Å². The predicted molar refractivity (Wildman–Crippen MR) is 75.8 cm³/mol. The fourth-order valence-corrected chi connectivity index (χ4v) is 2.73. The van der Waals surface area contributed by atoms with Crippen molar-refractivity contribution in [2.75, 3.05) is 0 Å². The van der Waals surface area contributed by atoms with Gasteiger partial charge in [-0.2, -0.15) is 36.0 Å². The first-order valence-corrected chi connectivity index (χ1v) is 7.24. The number of hydrogen-bond donors (Lipinski definition) is 0. The zero-order valence-electron chi connectivity index (χ0n) is 13.2. The molecule has 2 aromatic carbocycles. The van der Waals surface area contributed by atoms with E-state index < -0.39 is 57.8 Å². The molecule has 1 aliphatic carbocycles. The lowest BCUT2D eigenvalue weighted by Gasteiger charge is -2.18. The van der Waals surface area contributed by atoms with Gasteiger partial charge in [-0.1, -0.05) is 0 Å². The van der Waals surface area contributed by atoms with Crippen molar-refractivity contribution in [3.63, 3.8) is 0 Å². The monoisotopic (exact) mass is 407 g/mol. The van der Waals surface area contributed by atoms with E-state index in [9.17, 15) is 39.9 Å². The van der Waals surface area contributed by atoms with Crippen LogP contribution in [0.25, 0.3) is 0 Å². The quantitative estimate of drug-likeness (QED) is 0.624. The number of hydrogen-bond acceptors (Lipinski definition) is 3. The average Bonchev–Trinajstić information content (AvgIpc) is 2.70. The van der Waals surface area contributed by atoms with Crippen molar-refractivity contribution in [3.05, 3.63) is 58.4 Å². The van der Waals surface area contributed by atoms with Crippen LogP contribution in [0.5, 0.6) is 11.5 Å². The number of ether oxygens (including phenoxy) is 1. The predicted octanol–water partition coefficient (Wildman–Crippen LogP) is 5.43. The summed E-state index contributed by atoms with van der Waals surface area (Å²) in [5.41, 5.74) is -6.19. The minimum atomic E-state index is -5.53. The van der Waals surface area contributed by atoms with E-state index >= 15 is 0 Å². The third kappa shape index (κ3) is 2.76. The zero-order chi connectivity index (χ0) is 21.1. The van der Waals surface area contributed by atoms with Gasteiger partial charge in [-0.05, 0) is 24.3 Å². The molecule has 2 aromatic rings. The Balaban J connectivity index is 2.24. The van der Waals surface area contributed by atoms with Gasteiger partial charge in [0.15, 0.2) is 0 Å². The molecule has 1 aliphatic rings. The molecule has 0 aromatic heterocycles. The summed E-state index contributed by atoms with van der Waals surface area (Å²) in [6.45, 7) is 0. The van der Waals surface area contributed by atoms with Gasteiger partial charge in [0.25, 0.3) is 0 Å². The molecule has 0 bridgehead atoms. The van der Waals surface area contributed by atoms with Crippen molar-refractivity contribution >= 4 is 5.78 Å². The number of fused-ring (bicyclic) bond motifs is 1. The molecule has 0 N–H and O–H groups in total. The Labute approximate surface area is 150 Å². The summed E-state index contributed by atoms with van der Waals surface area (Å²) in [6.07, 6.45) is -5.53. The van der Waals surface area contributed by atoms with Crippen molar-refractivity contribution in [2.45, 2.75) is 18.0 Å². The molecule has 0 amide bonds. The summed E-state index contributed by atoms with van der Waals surface area (Å²) in [5.74, 6) is -16.2. The van der Waals surface area contributed by atoms with Crippen LogP contribution >= 0.6 is 0 Å². The van der Waals surface area contributed by atoms with Crippen LogP contribution in [0.1, 0.15) is 27.0 Å². The lowest BCUT2D eigenvalue weighted by atomic mass is 10.0. The van der Waals surface area contributed by atoms with Crippen molar-refractivity contribution in [2.24, 2.45) is 0 Å². The molecule has 0 aliphatic heterocycles. The van der Waals surface area contributed by atoms with Crippen molar-refractivity contribution in [1.29, 1.82) is 5.26 Å². The van der Waals surface area contributed by atoms with E-state index in [1.165, 1.54) is 6.07 Å². The Morgan fingerprint density at radius 2 is 1.64 bits per heavy atom. The maximum atomic E-state index is 13.8. The number of ketones is 1. The molecular weight excluding hydrogens is 402 g/mol. The van der Waals surface area contributed by atoms with Gasteiger partial charge < -0.3 is 4.74 Å². The number of nitriles is 1. The molecule has 0 unspecified atom stereocenters. The number of carbonyl (C=O) groups excluding carboxylic acids is 1. The van der Waals surface area contributed by atoms with Crippen molar-refractivity contribution in [3.8, 4) is 17.6 Å². The number of nitrogens with zero attached hydrogens (tertiary/aromatic N) is 1. The van der Waals surface area contributed by atoms with Gasteiger partial charge in [-0.15, -0.1) is 0 Å². The number of alkyl halides is 7. The van der Waals surface area contributed by atoms with Crippen LogP contribution in [0.15, 0.2) is 30.3 Å². The molecule has 28 heavy (non-hydrogen) atoms. The van der Waals surface area contributed by atoms with Gasteiger partial charge in [-0.3, -0.25) is 4.79 Å². The first-order valence-electron chi connectivity index (χ1n) is 7.24. The van der Waals surface area contributed by atoms with Crippen LogP contribution in [0.4, 0.5) is 35.1 Å². The van der Waals surface area contributed by atoms with Crippen molar-refractivity contribution in [1.82, 2.24) is 0 Å². The Morgan fingerprint density at radius 1 is 1.00 bits per heavy atom. The Bertz CT molecular complexity index is 1040. The van der Waals surface area contributed by atoms with E-state index in [1.54, 1.807) is 0 Å². The summed E-state index contributed by atoms with van der Waals surface area (Å²) in [6, 6.07) is 4.20. The summed E-state index contributed by atoms with van der Waals surface area (Å²) >= 11 is 0. The highest BCUT2D eigenvalue weighted by Crippen LogP contribution is 2.56. The normalized spacial score (nSPS) is 17.2. The molecule has 0 spiro atoms. The summed E-state index contributed by atoms with van der Waals surface area (Å²) in [7, 11) is 0. The van der Waals surface area contributed by atoms with Gasteiger partial charge in [0.1, 0.15) is 22.9 Å². The molecule has 146 valence electrons. The summed E-state index contributed by atoms with van der Waals surface area (Å²) in [4.78, 5) is 11.7. The standard InChI is InChI=1S/C17H5F8NO2/c18-8-3-7(6-26)4-9(5-8)28-11-2-1-10-12(13(11)17(23,24)25)14(27)16(21,22)15(10,19)20/h1-5H. The van der Waals surface area contributed by atoms with E-state index in [4.69, 9.17) is 10.00 Å². The van der Waals surface area contributed by atoms with Crippen LogP contribution in [0.2, 0.25) is 0 Å².